The highest BCUT2D eigenvalue weighted by Gasteiger charge is 2.41. The number of amides is 3. The molecule has 1 aliphatic heterocycles. The van der Waals surface area contributed by atoms with Gasteiger partial charge >= 0.3 is 0 Å². The van der Waals surface area contributed by atoms with E-state index >= 15 is 0 Å². The normalized spacial score (nSPS) is 22.1. The Morgan fingerprint density at radius 2 is 1.87 bits per heavy atom. The Bertz CT molecular complexity index is 778. The average molecular weight is 429 g/mol. The zero-order valence-corrected chi connectivity index (χ0v) is 19.0. The maximum Gasteiger partial charge on any atom is 0.240 e. The summed E-state index contributed by atoms with van der Waals surface area (Å²) in [5.41, 5.74) is 6.48. The third-order valence-electron chi connectivity index (χ3n) is 6.14. The summed E-state index contributed by atoms with van der Waals surface area (Å²) < 4.78 is 0. The summed E-state index contributed by atoms with van der Waals surface area (Å²) in [6.45, 7) is 8.34. The van der Waals surface area contributed by atoms with E-state index in [4.69, 9.17) is 5.73 Å². The second kappa shape index (κ2) is 10.3. The van der Waals surface area contributed by atoms with Crippen molar-refractivity contribution in [2.45, 2.75) is 58.7 Å². The van der Waals surface area contributed by atoms with E-state index in [1.165, 1.54) is 12.8 Å². The van der Waals surface area contributed by atoms with E-state index < -0.39 is 5.91 Å². The molecule has 2 aliphatic rings. The molecule has 1 aromatic carbocycles. The van der Waals surface area contributed by atoms with Crippen LogP contribution in [-0.4, -0.2) is 70.7 Å². The molecule has 31 heavy (non-hydrogen) atoms. The molecule has 1 saturated heterocycles. The van der Waals surface area contributed by atoms with Crippen LogP contribution < -0.4 is 5.73 Å². The molecule has 2 atom stereocenters. The van der Waals surface area contributed by atoms with E-state index in [0.717, 1.165) is 12.1 Å². The number of nitrogens with two attached hydrogens (primary N) is 1. The second-order valence-electron chi connectivity index (χ2n) is 9.51. The van der Waals surface area contributed by atoms with Crippen LogP contribution >= 0.6 is 0 Å². The SMILES string of the molecule is CC(C)CN(CC(N)=O)C(=O)CC1CN(Cc2ccccc2)C(=O)C(C)N1CC1CC1. The van der Waals surface area contributed by atoms with Crippen molar-refractivity contribution >= 4 is 17.7 Å². The molecule has 7 nitrogen and oxygen atoms in total. The fourth-order valence-electron chi connectivity index (χ4n) is 4.42. The molecule has 0 spiro atoms. The zero-order valence-electron chi connectivity index (χ0n) is 19.0. The predicted molar refractivity (Wildman–Crippen MR) is 120 cm³/mol. The van der Waals surface area contributed by atoms with Crippen LogP contribution in [0.3, 0.4) is 0 Å². The van der Waals surface area contributed by atoms with E-state index in [-0.39, 0.29) is 42.8 Å². The first-order chi connectivity index (χ1) is 14.7. The van der Waals surface area contributed by atoms with Crippen LogP contribution in [0.4, 0.5) is 0 Å². The van der Waals surface area contributed by atoms with Gasteiger partial charge in [-0.1, -0.05) is 44.2 Å². The van der Waals surface area contributed by atoms with E-state index in [1.54, 1.807) is 4.90 Å². The quantitative estimate of drug-likeness (QED) is 0.616. The smallest absolute Gasteiger partial charge is 0.240 e. The third-order valence-corrected chi connectivity index (χ3v) is 6.14. The van der Waals surface area contributed by atoms with E-state index in [0.29, 0.717) is 25.6 Å². The standard InChI is InChI=1S/C24H36N4O3/c1-17(2)12-26(16-22(25)29)23(30)11-21-15-27(13-19-7-5-4-6-8-19)24(31)18(3)28(21)14-20-9-10-20/h4-8,17-18,20-21H,9-16H2,1-3H3,(H2,25,29). The van der Waals surface area contributed by atoms with Gasteiger partial charge < -0.3 is 15.5 Å². The Morgan fingerprint density at radius 1 is 1.19 bits per heavy atom. The molecule has 2 unspecified atom stereocenters. The molecule has 2 N–H and O–H groups in total. The number of primary amides is 1. The summed E-state index contributed by atoms with van der Waals surface area (Å²) in [7, 11) is 0. The number of benzene rings is 1. The lowest BCUT2D eigenvalue weighted by molar-refractivity contribution is -0.148. The van der Waals surface area contributed by atoms with Crippen molar-refractivity contribution in [2.24, 2.45) is 17.6 Å². The Morgan fingerprint density at radius 3 is 2.45 bits per heavy atom. The number of nitrogens with zero attached hydrogens (tertiary/aromatic N) is 3. The highest BCUT2D eigenvalue weighted by molar-refractivity contribution is 5.85. The molecular formula is C24H36N4O3. The molecule has 0 radical (unpaired) electrons. The van der Waals surface area contributed by atoms with Crippen LogP contribution in [0.25, 0.3) is 0 Å². The van der Waals surface area contributed by atoms with Gasteiger partial charge in [-0.15, -0.1) is 0 Å². The Labute approximate surface area is 185 Å². The van der Waals surface area contributed by atoms with Gasteiger partial charge in [0.2, 0.25) is 17.7 Å². The molecule has 1 aliphatic carbocycles. The lowest BCUT2D eigenvalue weighted by Crippen LogP contribution is -2.61. The number of hydrogen-bond donors (Lipinski definition) is 1. The van der Waals surface area contributed by atoms with Crippen molar-refractivity contribution in [3.05, 3.63) is 35.9 Å². The van der Waals surface area contributed by atoms with Crippen LogP contribution in [0.15, 0.2) is 30.3 Å². The maximum absolute atomic E-state index is 13.2. The van der Waals surface area contributed by atoms with E-state index in [1.807, 2.05) is 56.0 Å². The van der Waals surface area contributed by atoms with Crippen LogP contribution in [0.1, 0.15) is 45.6 Å². The van der Waals surface area contributed by atoms with Crippen LogP contribution in [0, 0.1) is 11.8 Å². The van der Waals surface area contributed by atoms with E-state index in [2.05, 4.69) is 4.90 Å². The number of carbonyl (C=O) groups excluding carboxylic acids is 3. The molecule has 3 amide bonds. The van der Waals surface area contributed by atoms with Crippen molar-refractivity contribution in [3.8, 4) is 0 Å². The van der Waals surface area contributed by atoms with Crippen molar-refractivity contribution in [3.63, 3.8) is 0 Å². The topological polar surface area (TPSA) is 87.0 Å². The summed E-state index contributed by atoms with van der Waals surface area (Å²) in [6, 6.07) is 9.63. The molecule has 1 aromatic rings. The fraction of sp³-hybridized carbons (Fsp3) is 0.625. The van der Waals surface area contributed by atoms with Gasteiger partial charge in [0.15, 0.2) is 0 Å². The molecule has 1 heterocycles. The van der Waals surface area contributed by atoms with Gasteiger partial charge in [-0.2, -0.15) is 0 Å². The summed E-state index contributed by atoms with van der Waals surface area (Å²) in [4.78, 5) is 43.5. The van der Waals surface area contributed by atoms with E-state index in [9.17, 15) is 14.4 Å². The maximum atomic E-state index is 13.2. The third kappa shape index (κ3) is 6.53. The Hall–Kier alpha value is -2.41. The molecule has 170 valence electrons. The molecule has 0 aromatic heterocycles. The minimum absolute atomic E-state index is 0.0609. The van der Waals surface area contributed by atoms with Crippen LogP contribution in [0.5, 0.6) is 0 Å². The van der Waals surface area contributed by atoms with Gasteiger partial charge in [0, 0.05) is 38.6 Å². The molecular weight excluding hydrogens is 392 g/mol. The number of rotatable bonds is 10. The molecule has 2 fully saturated rings. The van der Waals surface area contributed by atoms with Gasteiger partial charge in [-0.25, -0.2) is 0 Å². The first kappa shape index (κ1) is 23.3. The lowest BCUT2D eigenvalue weighted by atomic mass is 10.0. The highest BCUT2D eigenvalue weighted by atomic mass is 16.2. The Balaban J connectivity index is 1.76. The van der Waals surface area contributed by atoms with Crippen LogP contribution in [-0.2, 0) is 20.9 Å². The number of hydrogen-bond acceptors (Lipinski definition) is 4. The second-order valence-corrected chi connectivity index (χ2v) is 9.51. The fourth-order valence-corrected chi connectivity index (χ4v) is 4.42. The molecule has 7 heteroatoms. The van der Waals surface area contributed by atoms with Crippen molar-refractivity contribution < 1.29 is 14.4 Å². The summed E-state index contributed by atoms with van der Waals surface area (Å²) >= 11 is 0. The molecule has 0 bridgehead atoms. The zero-order chi connectivity index (χ0) is 22.5. The number of piperazine rings is 1. The first-order valence-electron chi connectivity index (χ1n) is 11.4. The van der Waals surface area contributed by atoms with Gasteiger partial charge in [0.25, 0.3) is 0 Å². The highest BCUT2D eigenvalue weighted by Crippen LogP contribution is 2.33. The lowest BCUT2D eigenvalue weighted by Gasteiger charge is -2.45. The van der Waals surface area contributed by atoms with Crippen molar-refractivity contribution in [2.75, 3.05) is 26.2 Å². The Kier molecular flexibility index (Phi) is 7.70. The first-order valence-corrected chi connectivity index (χ1v) is 11.4. The van der Waals surface area contributed by atoms with Gasteiger partial charge in [-0.3, -0.25) is 19.3 Å². The van der Waals surface area contributed by atoms with Gasteiger partial charge in [0.1, 0.15) is 0 Å². The van der Waals surface area contributed by atoms with Gasteiger partial charge in [0.05, 0.1) is 12.6 Å². The van der Waals surface area contributed by atoms with Crippen molar-refractivity contribution in [1.82, 2.24) is 14.7 Å². The summed E-state index contributed by atoms with van der Waals surface area (Å²) in [5.74, 6) is 0.406. The number of carbonyl (C=O) groups is 3. The average Bonchev–Trinajstić information content (AvgIpc) is 3.52. The summed E-state index contributed by atoms with van der Waals surface area (Å²) in [5, 5.41) is 0. The monoisotopic (exact) mass is 428 g/mol. The molecule has 1 saturated carbocycles. The minimum atomic E-state index is -0.498. The minimum Gasteiger partial charge on any atom is -0.368 e. The predicted octanol–water partition coefficient (Wildman–Crippen LogP) is 1.86. The van der Waals surface area contributed by atoms with Crippen LogP contribution in [0.2, 0.25) is 0 Å². The largest absolute Gasteiger partial charge is 0.368 e. The van der Waals surface area contributed by atoms with Gasteiger partial charge in [-0.05, 0) is 37.2 Å². The summed E-state index contributed by atoms with van der Waals surface area (Å²) in [6.07, 6.45) is 2.66. The van der Waals surface area contributed by atoms with Crippen molar-refractivity contribution in [1.29, 1.82) is 0 Å². The molecule has 3 rings (SSSR count).